The molecule has 178 valence electrons. The monoisotopic (exact) mass is 489 g/mol. The summed E-state index contributed by atoms with van der Waals surface area (Å²) in [5.41, 5.74) is 2.23. The molecule has 0 radical (unpaired) electrons. The van der Waals surface area contributed by atoms with Gasteiger partial charge in [-0.3, -0.25) is 4.79 Å². The van der Waals surface area contributed by atoms with Gasteiger partial charge in [-0.15, -0.1) is 16.4 Å². The van der Waals surface area contributed by atoms with Crippen molar-refractivity contribution in [2.45, 2.75) is 0 Å². The molecule has 2 aromatic carbocycles. The first-order valence-electron chi connectivity index (χ1n) is 11.1. The fourth-order valence-electron chi connectivity index (χ4n) is 3.84. The van der Waals surface area contributed by atoms with Crippen LogP contribution in [0.3, 0.4) is 0 Å². The SMILES string of the molecule is COC(=O)c1cc(N2CCOCC2)ccc1NC(=O)c1nc(-c2cccs2)n(-c2ccccc2)n1. The van der Waals surface area contributed by atoms with Gasteiger partial charge in [0.2, 0.25) is 5.82 Å². The Morgan fingerprint density at radius 3 is 2.54 bits per heavy atom. The molecular formula is C25H23N5O4S. The number of hydrogen-bond acceptors (Lipinski definition) is 8. The Hall–Kier alpha value is -4.02. The maximum absolute atomic E-state index is 13.2. The van der Waals surface area contributed by atoms with Crippen LogP contribution in [0.15, 0.2) is 66.0 Å². The zero-order chi connectivity index (χ0) is 24.2. The topological polar surface area (TPSA) is 98.6 Å². The van der Waals surface area contributed by atoms with E-state index in [2.05, 4.69) is 20.3 Å². The van der Waals surface area contributed by atoms with Crippen molar-refractivity contribution in [3.63, 3.8) is 0 Å². The number of anilines is 2. The van der Waals surface area contributed by atoms with Crippen LogP contribution in [0.5, 0.6) is 0 Å². The molecular weight excluding hydrogens is 466 g/mol. The molecule has 1 N–H and O–H groups in total. The first kappa shape index (κ1) is 22.8. The number of nitrogens with zero attached hydrogens (tertiary/aromatic N) is 4. The Morgan fingerprint density at radius 1 is 1.03 bits per heavy atom. The Bertz CT molecular complexity index is 1330. The van der Waals surface area contributed by atoms with Gasteiger partial charge in [0, 0.05) is 18.8 Å². The number of para-hydroxylation sites is 1. The molecule has 9 nitrogen and oxygen atoms in total. The lowest BCUT2D eigenvalue weighted by atomic mass is 10.1. The quantitative estimate of drug-likeness (QED) is 0.411. The third-order valence-corrected chi connectivity index (χ3v) is 6.45. The normalized spacial score (nSPS) is 13.5. The van der Waals surface area contributed by atoms with Crippen LogP contribution < -0.4 is 10.2 Å². The van der Waals surface area contributed by atoms with Crippen molar-refractivity contribution in [1.29, 1.82) is 0 Å². The molecule has 1 fully saturated rings. The summed E-state index contributed by atoms with van der Waals surface area (Å²) in [6, 6.07) is 18.6. The van der Waals surface area contributed by atoms with Gasteiger partial charge in [-0.05, 0) is 41.8 Å². The van der Waals surface area contributed by atoms with E-state index in [0.29, 0.717) is 24.7 Å². The number of ether oxygens (including phenoxy) is 2. The summed E-state index contributed by atoms with van der Waals surface area (Å²) in [6.07, 6.45) is 0. The average Bonchev–Trinajstić information content (AvgIpc) is 3.60. The van der Waals surface area contributed by atoms with Crippen LogP contribution in [0.2, 0.25) is 0 Å². The smallest absolute Gasteiger partial charge is 0.340 e. The lowest BCUT2D eigenvalue weighted by Gasteiger charge is -2.29. The molecule has 3 heterocycles. The first-order chi connectivity index (χ1) is 17.1. The number of morpholine rings is 1. The standard InChI is InChI=1S/C25H23N5O4S/c1-33-25(32)19-16-18(29-11-13-34-14-12-29)9-10-20(19)26-24(31)22-27-23(21-8-5-15-35-21)30(28-22)17-6-3-2-4-7-17/h2-10,15-16H,11-14H2,1H3,(H,26,31). The molecule has 1 saturated heterocycles. The van der Waals surface area contributed by atoms with E-state index in [1.165, 1.54) is 18.4 Å². The van der Waals surface area contributed by atoms with E-state index in [9.17, 15) is 9.59 Å². The summed E-state index contributed by atoms with van der Waals surface area (Å²) < 4.78 is 12.0. The van der Waals surface area contributed by atoms with Crippen LogP contribution in [-0.4, -0.2) is 60.1 Å². The number of esters is 1. The summed E-state index contributed by atoms with van der Waals surface area (Å²) in [5, 5.41) is 9.21. The fourth-order valence-corrected chi connectivity index (χ4v) is 4.54. The number of amides is 1. The molecule has 1 aliphatic rings. The van der Waals surface area contributed by atoms with Crippen molar-refractivity contribution in [1.82, 2.24) is 14.8 Å². The summed E-state index contributed by atoms with van der Waals surface area (Å²) in [6.45, 7) is 2.68. The number of methoxy groups -OCH3 is 1. The zero-order valence-electron chi connectivity index (χ0n) is 19.0. The fraction of sp³-hybridized carbons (Fsp3) is 0.200. The molecule has 1 amide bonds. The molecule has 5 rings (SSSR count). The number of nitrogens with one attached hydrogen (secondary N) is 1. The second-order valence-corrected chi connectivity index (χ2v) is 8.71. The minimum atomic E-state index is -0.544. The van der Waals surface area contributed by atoms with Gasteiger partial charge in [-0.1, -0.05) is 24.3 Å². The van der Waals surface area contributed by atoms with E-state index in [-0.39, 0.29) is 11.4 Å². The lowest BCUT2D eigenvalue weighted by molar-refractivity contribution is 0.0602. The number of thiophene rings is 1. The van der Waals surface area contributed by atoms with Gasteiger partial charge in [0.1, 0.15) is 0 Å². The molecule has 0 aliphatic carbocycles. The molecule has 0 unspecified atom stereocenters. The highest BCUT2D eigenvalue weighted by atomic mass is 32.1. The van der Waals surface area contributed by atoms with E-state index < -0.39 is 11.9 Å². The summed E-state index contributed by atoms with van der Waals surface area (Å²) in [7, 11) is 1.31. The zero-order valence-corrected chi connectivity index (χ0v) is 19.8. The maximum Gasteiger partial charge on any atom is 0.340 e. The number of benzene rings is 2. The molecule has 0 spiro atoms. The van der Waals surface area contributed by atoms with Gasteiger partial charge in [0.05, 0.1) is 42.1 Å². The largest absolute Gasteiger partial charge is 0.465 e. The number of carbonyl (C=O) groups is 2. The van der Waals surface area contributed by atoms with Crippen molar-refractivity contribution >= 4 is 34.6 Å². The van der Waals surface area contributed by atoms with Gasteiger partial charge in [0.15, 0.2) is 5.82 Å². The van der Waals surface area contributed by atoms with E-state index in [4.69, 9.17) is 9.47 Å². The van der Waals surface area contributed by atoms with E-state index in [1.807, 2.05) is 53.9 Å². The third-order valence-electron chi connectivity index (χ3n) is 5.59. The van der Waals surface area contributed by atoms with Gasteiger partial charge < -0.3 is 19.7 Å². The minimum Gasteiger partial charge on any atom is -0.465 e. The highest BCUT2D eigenvalue weighted by molar-refractivity contribution is 7.13. The summed E-state index contributed by atoms with van der Waals surface area (Å²) in [4.78, 5) is 33.3. The Labute approximate surface area is 205 Å². The summed E-state index contributed by atoms with van der Waals surface area (Å²) in [5.74, 6) is -0.517. The highest BCUT2D eigenvalue weighted by Crippen LogP contribution is 2.27. The minimum absolute atomic E-state index is 0.00896. The molecule has 4 aromatic rings. The molecule has 2 aromatic heterocycles. The van der Waals surface area contributed by atoms with Crippen molar-refractivity contribution in [2.24, 2.45) is 0 Å². The molecule has 10 heteroatoms. The second-order valence-electron chi connectivity index (χ2n) is 7.76. The predicted octanol–water partition coefficient (Wildman–Crippen LogP) is 3.87. The number of hydrogen-bond donors (Lipinski definition) is 1. The van der Waals surface area contributed by atoms with E-state index in [0.717, 1.165) is 29.3 Å². The Kier molecular flexibility index (Phi) is 6.55. The first-order valence-corrected chi connectivity index (χ1v) is 11.9. The van der Waals surface area contributed by atoms with Crippen molar-refractivity contribution in [2.75, 3.05) is 43.6 Å². The lowest BCUT2D eigenvalue weighted by Crippen LogP contribution is -2.36. The summed E-state index contributed by atoms with van der Waals surface area (Å²) >= 11 is 1.51. The van der Waals surface area contributed by atoms with Gasteiger partial charge in [0.25, 0.3) is 5.91 Å². The van der Waals surface area contributed by atoms with E-state index in [1.54, 1.807) is 16.8 Å². The van der Waals surface area contributed by atoms with Gasteiger partial charge >= 0.3 is 5.97 Å². The van der Waals surface area contributed by atoms with Crippen LogP contribution in [0.1, 0.15) is 21.0 Å². The third kappa shape index (κ3) is 4.79. The number of rotatable bonds is 6. The van der Waals surface area contributed by atoms with Crippen LogP contribution in [0.4, 0.5) is 11.4 Å². The van der Waals surface area contributed by atoms with Crippen LogP contribution in [-0.2, 0) is 9.47 Å². The average molecular weight is 490 g/mol. The van der Waals surface area contributed by atoms with Gasteiger partial charge in [-0.2, -0.15) is 0 Å². The molecule has 35 heavy (non-hydrogen) atoms. The van der Waals surface area contributed by atoms with E-state index >= 15 is 0 Å². The maximum atomic E-state index is 13.2. The number of aromatic nitrogens is 3. The van der Waals surface area contributed by atoms with Crippen molar-refractivity contribution in [3.8, 4) is 16.4 Å². The molecule has 1 aliphatic heterocycles. The van der Waals surface area contributed by atoms with Crippen LogP contribution in [0.25, 0.3) is 16.4 Å². The second kappa shape index (κ2) is 10.1. The van der Waals surface area contributed by atoms with Gasteiger partial charge in [-0.25, -0.2) is 14.5 Å². The highest BCUT2D eigenvalue weighted by Gasteiger charge is 2.23. The Balaban J connectivity index is 1.47. The van der Waals surface area contributed by atoms with Crippen molar-refractivity contribution < 1.29 is 19.1 Å². The Morgan fingerprint density at radius 2 is 1.83 bits per heavy atom. The van der Waals surface area contributed by atoms with Crippen molar-refractivity contribution in [3.05, 3.63) is 77.4 Å². The number of carbonyl (C=O) groups excluding carboxylic acids is 2. The molecule has 0 atom stereocenters. The van der Waals surface area contributed by atoms with Crippen LogP contribution in [0, 0.1) is 0 Å². The van der Waals surface area contributed by atoms with Crippen LogP contribution >= 0.6 is 11.3 Å². The molecule has 0 bridgehead atoms. The molecule has 0 saturated carbocycles. The predicted molar refractivity (Wildman–Crippen MR) is 133 cm³/mol.